The van der Waals surface area contributed by atoms with Crippen LogP contribution in [0.25, 0.3) is 0 Å². The predicted molar refractivity (Wildman–Crippen MR) is 94.9 cm³/mol. The molecule has 1 atom stereocenters. The SMILES string of the molecule is CC1(C)CN(C(=O)Nc2cnc(CC3CC3)nc2)[C@H]1c1cccnc1. The molecule has 2 amide bonds. The maximum atomic E-state index is 12.7. The first-order valence-corrected chi connectivity index (χ1v) is 8.81. The molecule has 1 N–H and O–H groups in total. The number of urea groups is 1. The summed E-state index contributed by atoms with van der Waals surface area (Å²) in [5, 5.41) is 2.92. The van der Waals surface area contributed by atoms with Crippen LogP contribution >= 0.6 is 0 Å². The van der Waals surface area contributed by atoms with Gasteiger partial charge in [-0.3, -0.25) is 4.98 Å². The highest BCUT2D eigenvalue weighted by molar-refractivity contribution is 5.90. The van der Waals surface area contributed by atoms with E-state index in [1.807, 2.05) is 23.2 Å². The molecule has 4 rings (SSSR count). The summed E-state index contributed by atoms with van der Waals surface area (Å²) in [5.41, 5.74) is 1.73. The second kappa shape index (κ2) is 6.10. The van der Waals surface area contributed by atoms with Crippen LogP contribution in [0.1, 0.15) is 44.1 Å². The van der Waals surface area contributed by atoms with Crippen molar-refractivity contribution >= 4 is 11.7 Å². The first-order chi connectivity index (χ1) is 12.0. The number of hydrogen-bond donors (Lipinski definition) is 1. The summed E-state index contributed by atoms with van der Waals surface area (Å²) < 4.78 is 0. The van der Waals surface area contributed by atoms with Crippen molar-refractivity contribution in [2.24, 2.45) is 11.3 Å². The van der Waals surface area contributed by atoms with Gasteiger partial charge in [0.1, 0.15) is 5.82 Å². The number of nitrogens with one attached hydrogen (secondary N) is 1. The van der Waals surface area contributed by atoms with Gasteiger partial charge in [-0.05, 0) is 30.4 Å². The molecule has 0 unspecified atom stereocenters. The minimum atomic E-state index is -0.119. The number of rotatable bonds is 4. The van der Waals surface area contributed by atoms with Crippen molar-refractivity contribution in [2.75, 3.05) is 11.9 Å². The molecule has 1 aliphatic heterocycles. The van der Waals surface area contributed by atoms with E-state index in [4.69, 9.17) is 0 Å². The van der Waals surface area contributed by atoms with Gasteiger partial charge >= 0.3 is 6.03 Å². The van der Waals surface area contributed by atoms with E-state index < -0.39 is 0 Å². The summed E-state index contributed by atoms with van der Waals surface area (Å²) in [7, 11) is 0. The molecule has 2 aromatic heterocycles. The van der Waals surface area contributed by atoms with Crippen molar-refractivity contribution < 1.29 is 4.79 Å². The highest BCUT2D eigenvalue weighted by atomic mass is 16.2. The molecule has 25 heavy (non-hydrogen) atoms. The Morgan fingerprint density at radius 3 is 2.64 bits per heavy atom. The topological polar surface area (TPSA) is 71.0 Å². The van der Waals surface area contributed by atoms with Crippen molar-refractivity contribution in [1.82, 2.24) is 19.9 Å². The molecule has 2 aliphatic rings. The number of hydrogen-bond acceptors (Lipinski definition) is 4. The molecule has 6 heteroatoms. The van der Waals surface area contributed by atoms with Gasteiger partial charge in [-0.25, -0.2) is 14.8 Å². The molecule has 0 radical (unpaired) electrons. The van der Waals surface area contributed by atoms with Gasteiger partial charge in [0.25, 0.3) is 0 Å². The Labute approximate surface area is 147 Å². The zero-order valence-electron chi connectivity index (χ0n) is 14.6. The normalized spacial score (nSPS) is 21.5. The number of pyridine rings is 1. The van der Waals surface area contributed by atoms with Crippen LogP contribution in [-0.2, 0) is 6.42 Å². The molecule has 2 fully saturated rings. The Morgan fingerprint density at radius 2 is 2.04 bits per heavy atom. The summed E-state index contributed by atoms with van der Waals surface area (Å²) in [6, 6.07) is 3.84. The van der Waals surface area contributed by atoms with Crippen LogP contribution in [-0.4, -0.2) is 32.4 Å². The van der Waals surface area contributed by atoms with Gasteiger partial charge in [0, 0.05) is 30.8 Å². The second-order valence-electron chi connectivity index (χ2n) is 7.77. The summed E-state index contributed by atoms with van der Waals surface area (Å²) in [6.07, 6.45) is 10.5. The monoisotopic (exact) mass is 337 g/mol. The van der Waals surface area contributed by atoms with Gasteiger partial charge in [0.05, 0.1) is 24.1 Å². The molecule has 0 spiro atoms. The highest BCUT2D eigenvalue weighted by Crippen LogP contribution is 2.48. The van der Waals surface area contributed by atoms with Crippen molar-refractivity contribution in [3.8, 4) is 0 Å². The van der Waals surface area contributed by atoms with Crippen LogP contribution in [0.2, 0.25) is 0 Å². The van der Waals surface area contributed by atoms with Crippen molar-refractivity contribution in [3.05, 3.63) is 48.3 Å². The lowest BCUT2D eigenvalue weighted by Gasteiger charge is -2.54. The summed E-state index contributed by atoms with van der Waals surface area (Å²) >= 11 is 0. The Balaban J connectivity index is 1.43. The number of nitrogens with zero attached hydrogens (tertiary/aromatic N) is 4. The zero-order valence-corrected chi connectivity index (χ0v) is 14.6. The molecule has 2 aromatic rings. The van der Waals surface area contributed by atoms with Crippen molar-refractivity contribution in [2.45, 2.75) is 39.2 Å². The Bertz CT molecular complexity index is 755. The largest absolute Gasteiger partial charge is 0.322 e. The average molecular weight is 337 g/mol. The molecule has 1 saturated heterocycles. The first kappa shape index (κ1) is 16.0. The molecule has 1 aliphatic carbocycles. The number of amides is 2. The van der Waals surface area contributed by atoms with Gasteiger partial charge < -0.3 is 10.2 Å². The zero-order chi connectivity index (χ0) is 17.4. The minimum absolute atomic E-state index is 0.0243. The summed E-state index contributed by atoms with van der Waals surface area (Å²) in [6.45, 7) is 5.05. The number of carbonyl (C=O) groups excluding carboxylic acids is 1. The van der Waals surface area contributed by atoms with Gasteiger partial charge in [-0.15, -0.1) is 0 Å². The van der Waals surface area contributed by atoms with Crippen LogP contribution in [0.15, 0.2) is 36.9 Å². The standard InChI is InChI=1S/C19H23N5O/c1-19(2)12-24(17(19)14-4-3-7-20-9-14)18(25)23-15-10-21-16(22-11-15)8-13-5-6-13/h3-4,7,9-11,13,17H,5-6,8,12H2,1-2H3,(H,23,25)/t17-/m0/s1. The molecule has 0 bridgehead atoms. The van der Waals surface area contributed by atoms with Gasteiger partial charge in [0.2, 0.25) is 0 Å². The molecule has 1 saturated carbocycles. The van der Waals surface area contributed by atoms with E-state index in [1.54, 1.807) is 18.6 Å². The molecule has 130 valence electrons. The maximum Gasteiger partial charge on any atom is 0.322 e. The quantitative estimate of drug-likeness (QED) is 0.928. The third-order valence-electron chi connectivity index (χ3n) is 5.02. The molecule has 0 aromatic carbocycles. The van der Waals surface area contributed by atoms with E-state index in [0.29, 0.717) is 12.2 Å². The maximum absolute atomic E-state index is 12.7. The molecular formula is C19H23N5O. The smallest absolute Gasteiger partial charge is 0.316 e. The lowest BCUT2D eigenvalue weighted by molar-refractivity contribution is -0.0117. The lowest BCUT2D eigenvalue weighted by Crippen LogP contribution is -2.59. The molecule has 3 heterocycles. The Kier molecular flexibility index (Phi) is 3.90. The van der Waals surface area contributed by atoms with Crippen LogP contribution < -0.4 is 5.32 Å². The van der Waals surface area contributed by atoms with Crippen molar-refractivity contribution in [3.63, 3.8) is 0 Å². The lowest BCUT2D eigenvalue weighted by atomic mass is 9.72. The minimum Gasteiger partial charge on any atom is -0.316 e. The van der Waals surface area contributed by atoms with Crippen LogP contribution in [0.4, 0.5) is 10.5 Å². The van der Waals surface area contributed by atoms with E-state index in [9.17, 15) is 4.79 Å². The van der Waals surface area contributed by atoms with E-state index in [1.165, 1.54) is 12.8 Å². The average Bonchev–Trinajstić information content (AvgIpc) is 3.40. The van der Waals surface area contributed by atoms with Crippen LogP contribution in [0.5, 0.6) is 0 Å². The number of anilines is 1. The molecule has 6 nitrogen and oxygen atoms in total. The van der Waals surface area contributed by atoms with Crippen LogP contribution in [0.3, 0.4) is 0 Å². The van der Waals surface area contributed by atoms with Crippen molar-refractivity contribution in [1.29, 1.82) is 0 Å². The highest BCUT2D eigenvalue weighted by Gasteiger charge is 2.49. The number of likely N-dealkylation sites (tertiary alicyclic amines) is 1. The Hall–Kier alpha value is -2.50. The summed E-state index contributed by atoms with van der Waals surface area (Å²) in [4.78, 5) is 27.4. The number of aromatic nitrogens is 3. The van der Waals surface area contributed by atoms with Gasteiger partial charge in [-0.2, -0.15) is 0 Å². The Morgan fingerprint density at radius 1 is 1.28 bits per heavy atom. The molecular weight excluding hydrogens is 314 g/mol. The third-order valence-corrected chi connectivity index (χ3v) is 5.02. The van der Waals surface area contributed by atoms with Gasteiger partial charge in [0.15, 0.2) is 0 Å². The fourth-order valence-electron chi connectivity index (χ4n) is 3.58. The number of carbonyl (C=O) groups is 1. The van der Waals surface area contributed by atoms with E-state index in [-0.39, 0.29) is 17.5 Å². The predicted octanol–water partition coefficient (Wildman–Crippen LogP) is 3.44. The second-order valence-corrected chi connectivity index (χ2v) is 7.77. The van der Waals surface area contributed by atoms with E-state index in [0.717, 1.165) is 23.7 Å². The fourth-order valence-corrected chi connectivity index (χ4v) is 3.58. The summed E-state index contributed by atoms with van der Waals surface area (Å²) in [5.74, 6) is 1.61. The van der Waals surface area contributed by atoms with Gasteiger partial charge in [-0.1, -0.05) is 19.9 Å². The van der Waals surface area contributed by atoms with E-state index >= 15 is 0 Å². The van der Waals surface area contributed by atoms with Crippen LogP contribution in [0, 0.1) is 11.3 Å². The van der Waals surface area contributed by atoms with E-state index in [2.05, 4.69) is 34.1 Å². The fraction of sp³-hybridized carbons (Fsp3) is 0.474. The first-order valence-electron chi connectivity index (χ1n) is 8.81. The third kappa shape index (κ3) is 3.34.